The summed E-state index contributed by atoms with van der Waals surface area (Å²) >= 11 is 0. The van der Waals surface area contributed by atoms with Crippen LogP contribution >= 0.6 is 0 Å². The van der Waals surface area contributed by atoms with Gasteiger partial charge in [-0.1, -0.05) is 26.7 Å². The van der Waals surface area contributed by atoms with Crippen LogP contribution in [0.4, 0.5) is 0 Å². The average molecular weight is 208 g/mol. The standard InChI is InChI=1S/C13H24N2/c1-13(2)8-5-9-15(10-13)12(14)11-6-3-4-7-11/h11,14H,3-10H2,1-2H3. The van der Waals surface area contributed by atoms with E-state index < -0.39 is 0 Å². The fourth-order valence-electron chi connectivity index (χ4n) is 3.09. The molecule has 0 spiro atoms. The lowest BCUT2D eigenvalue weighted by Crippen LogP contribution is -2.45. The number of nitrogens with zero attached hydrogens (tertiary/aromatic N) is 1. The average Bonchev–Trinajstić information content (AvgIpc) is 2.67. The van der Waals surface area contributed by atoms with Gasteiger partial charge in [0.1, 0.15) is 0 Å². The monoisotopic (exact) mass is 208 g/mol. The Hall–Kier alpha value is -0.530. The summed E-state index contributed by atoms with van der Waals surface area (Å²) in [6, 6.07) is 0. The molecule has 0 atom stereocenters. The summed E-state index contributed by atoms with van der Waals surface area (Å²) in [5.74, 6) is 1.53. The molecule has 0 aromatic heterocycles. The van der Waals surface area contributed by atoms with Crippen molar-refractivity contribution < 1.29 is 0 Å². The van der Waals surface area contributed by atoms with Gasteiger partial charge in [0.15, 0.2) is 0 Å². The second-order valence-electron chi connectivity index (χ2n) is 6.06. The molecule has 1 heterocycles. The quantitative estimate of drug-likeness (QED) is 0.519. The van der Waals surface area contributed by atoms with E-state index in [1.165, 1.54) is 38.5 Å². The van der Waals surface area contributed by atoms with Gasteiger partial charge in [-0.3, -0.25) is 5.41 Å². The zero-order valence-corrected chi connectivity index (χ0v) is 10.2. The fourth-order valence-corrected chi connectivity index (χ4v) is 3.09. The molecule has 1 aliphatic heterocycles. The predicted molar refractivity (Wildman–Crippen MR) is 64.3 cm³/mol. The maximum absolute atomic E-state index is 8.28. The Morgan fingerprint density at radius 2 is 1.87 bits per heavy atom. The lowest BCUT2D eigenvalue weighted by Gasteiger charge is -2.40. The largest absolute Gasteiger partial charge is 0.360 e. The second kappa shape index (κ2) is 4.15. The Morgan fingerprint density at radius 3 is 2.47 bits per heavy atom. The maximum Gasteiger partial charge on any atom is 0.0989 e. The van der Waals surface area contributed by atoms with Crippen LogP contribution in [-0.2, 0) is 0 Å². The molecule has 2 nitrogen and oxygen atoms in total. The van der Waals surface area contributed by atoms with Crippen LogP contribution in [0, 0.1) is 16.7 Å². The number of amidine groups is 1. The first kappa shape index (κ1) is 11.0. The van der Waals surface area contributed by atoms with Gasteiger partial charge in [0, 0.05) is 19.0 Å². The lowest BCUT2D eigenvalue weighted by atomic mass is 9.83. The van der Waals surface area contributed by atoms with Crippen molar-refractivity contribution in [2.24, 2.45) is 11.3 Å². The van der Waals surface area contributed by atoms with Gasteiger partial charge in [-0.2, -0.15) is 0 Å². The van der Waals surface area contributed by atoms with E-state index in [1.807, 2.05) is 0 Å². The molecule has 1 aliphatic carbocycles. The highest BCUT2D eigenvalue weighted by Gasteiger charge is 2.31. The zero-order chi connectivity index (χ0) is 10.9. The number of piperidine rings is 1. The van der Waals surface area contributed by atoms with Crippen LogP contribution < -0.4 is 0 Å². The maximum atomic E-state index is 8.28. The second-order valence-corrected chi connectivity index (χ2v) is 6.06. The highest BCUT2D eigenvalue weighted by Crippen LogP contribution is 2.32. The summed E-state index contributed by atoms with van der Waals surface area (Å²) in [4.78, 5) is 2.35. The van der Waals surface area contributed by atoms with Gasteiger partial charge in [-0.05, 0) is 31.1 Å². The third kappa shape index (κ3) is 2.53. The third-order valence-corrected chi connectivity index (χ3v) is 3.98. The van der Waals surface area contributed by atoms with Crippen molar-refractivity contribution in [2.75, 3.05) is 13.1 Å². The molecule has 0 amide bonds. The molecule has 0 bridgehead atoms. The molecule has 0 radical (unpaired) electrons. The topological polar surface area (TPSA) is 27.1 Å². The molecule has 1 saturated carbocycles. The van der Waals surface area contributed by atoms with E-state index in [0.717, 1.165) is 18.9 Å². The molecular formula is C13H24N2. The molecule has 0 aromatic rings. The van der Waals surface area contributed by atoms with E-state index in [4.69, 9.17) is 5.41 Å². The minimum atomic E-state index is 0.420. The van der Waals surface area contributed by atoms with Crippen molar-refractivity contribution in [1.29, 1.82) is 5.41 Å². The van der Waals surface area contributed by atoms with Crippen LogP contribution in [0.25, 0.3) is 0 Å². The van der Waals surface area contributed by atoms with Crippen molar-refractivity contribution in [1.82, 2.24) is 4.90 Å². The van der Waals surface area contributed by atoms with Crippen molar-refractivity contribution in [3.63, 3.8) is 0 Å². The van der Waals surface area contributed by atoms with E-state index in [1.54, 1.807) is 0 Å². The van der Waals surface area contributed by atoms with Gasteiger partial charge in [0.25, 0.3) is 0 Å². The summed E-state index contributed by atoms with van der Waals surface area (Å²) in [5.41, 5.74) is 0.420. The van der Waals surface area contributed by atoms with E-state index in [2.05, 4.69) is 18.7 Å². The van der Waals surface area contributed by atoms with E-state index >= 15 is 0 Å². The van der Waals surface area contributed by atoms with Crippen LogP contribution in [0.1, 0.15) is 52.4 Å². The first-order valence-corrected chi connectivity index (χ1v) is 6.42. The van der Waals surface area contributed by atoms with Gasteiger partial charge in [0.05, 0.1) is 5.84 Å². The molecule has 2 rings (SSSR count). The molecule has 2 aliphatic rings. The van der Waals surface area contributed by atoms with Crippen LogP contribution in [-0.4, -0.2) is 23.8 Å². The fraction of sp³-hybridized carbons (Fsp3) is 0.923. The Morgan fingerprint density at radius 1 is 1.20 bits per heavy atom. The van der Waals surface area contributed by atoms with Crippen molar-refractivity contribution >= 4 is 5.84 Å². The molecular weight excluding hydrogens is 184 g/mol. The summed E-state index contributed by atoms with van der Waals surface area (Å²) in [5, 5.41) is 8.28. The van der Waals surface area contributed by atoms with Crippen molar-refractivity contribution in [3.8, 4) is 0 Å². The van der Waals surface area contributed by atoms with E-state index in [-0.39, 0.29) is 0 Å². The van der Waals surface area contributed by atoms with Gasteiger partial charge >= 0.3 is 0 Å². The molecule has 15 heavy (non-hydrogen) atoms. The Labute approximate surface area is 93.6 Å². The molecule has 86 valence electrons. The van der Waals surface area contributed by atoms with Crippen LogP contribution in [0.3, 0.4) is 0 Å². The highest BCUT2D eigenvalue weighted by atomic mass is 15.2. The first-order valence-electron chi connectivity index (χ1n) is 6.42. The van der Waals surface area contributed by atoms with Gasteiger partial charge in [0.2, 0.25) is 0 Å². The first-order chi connectivity index (χ1) is 7.08. The number of rotatable bonds is 1. The van der Waals surface area contributed by atoms with E-state index in [9.17, 15) is 0 Å². The number of nitrogens with one attached hydrogen (secondary N) is 1. The van der Waals surface area contributed by atoms with Crippen molar-refractivity contribution in [3.05, 3.63) is 0 Å². The Bertz CT molecular complexity index is 239. The predicted octanol–water partition coefficient (Wildman–Crippen LogP) is 3.28. The normalized spacial score (nSPS) is 26.9. The van der Waals surface area contributed by atoms with Crippen LogP contribution in [0.15, 0.2) is 0 Å². The Balaban J connectivity index is 1.94. The van der Waals surface area contributed by atoms with Crippen LogP contribution in [0.5, 0.6) is 0 Å². The molecule has 1 saturated heterocycles. The summed E-state index contributed by atoms with van der Waals surface area (Å²) < 4.78 is 0. The smallest absolute Gasteiger partial charge is 0.0989 e. The number of hydrogen-bond donors (Lipinski definition) is 1. The molecule has 0 aromatic carbocycles. The number of hydrogen-bond acceptors (Lipinski definition) is 1. The molecule has 1 N–H and O–H groups in total. The minimum Gasteiger partial charge on any atom is -0.360 e. The molecule has 2 fully saturated rings. The SMILES string of the molecule is CC1(C)CCCN(C(=N)C2CCCC2)C1. The zero-order valence-electron chi connectivity index (χ0n) is 10.2. The lowest BCUT2D eigenvalue weighted by molar-refractivity contribution is 0.172. The van der Waals surface area contributed by atoms with E-state index in [0.29, 0.717) is 11.3 Å². The summed E-state index contributed by atoms with van der Waals surface area (Å²) in [7, 11) is 0. The number of likely N-dealkylation sites (tertiary alicyclic amines) is 1. The van der Waals surface area contributed by atoms with Crippen molar-refractivity contribution in [2.45, 2.75) is 52.4 Å². The summed E-state index contributed by atoms with van der Waals surface area (Å²) in [6.07, 6.45) is 7.78. The highest BCUT2D eigenvalue weighted by molar-refractivity contribution is 5.82. The summed E-state index contributed by atoms with van der Waals surface area (Å²) in [6.45, 7) is 6.89. The minimum absolute atomic E-state index is 0.420. The Kier molecular flexibility index (Phi) is 3.03. The van der Waals surface area contributed by atoms with Crippen LogP contribution in [0.2, 0.25) is 0 Å². The van der Waals surface area contributed by atoms with Gasteiger partial charge < -0.3 is 4.90 Å². The van der Waals surface area contributed by atoms with Gasteiger partial charge in [-0.15, -0.1) is 0 Å². The molecule has 2 heteroatoms. The third-order valence-electron chi connectivity index (χ3n) is 3.98. The molecule has 0 unspecified atom stereocenters. The van der Waals surface area contributed by atoms with Gasteiger partial charge in [-0.25, -0.2) is 0 Å².